The van der Waals surface area contributed by atoms with Crippen LogP contribution in [0.15, 0.2) is 18.3 Å². The van der Waals surface area contributed by atoms with Gasteiger partial charge >= 0.3 is 0 Å². The molecule has 6 nitrogen and oxygen atoms in total. The molecule has 1 saturated heterocycles. The fourth-order valence-corrected chi connectivity index (χ4v) is 2.79. The number of nitrogens with one attached hydrogen (secondary N) is 1. The molecule has 0 radical (unpaired) electrons. The van der Waals surface area contributed by atoms with Crippen molar-refractivity contribution < 1.29 is 14.3 Å². The molecular weight excluding hydrogens is 294 g/mol. The normalized spacial score (nSPS) is 17.7. The molecule has 0 aliphatic carbocycles. The quantitative estimate of drug-likeness (QED) is 0.812. The number of hydrogen-bond donors (Lipinski definition) is 1. The van der Waals surface area contributed by atoms with E-state index in [4.69, 9.17) is 4.74 Å². The van der Waals surface area contributed by atoms with E-state index < -0.39 is 0 Å². The van der Waals surface area contributed by atoms with Gasteiger partial charge in [-0.1, -0.05) is 13.3 Å². The topological polar surface area (TPSA) is 71.5 Å². The zero-order valence-corrected chi connectivity index (χ0v) is 13.9. The number of likely N-dealkylation sites (tertiary alicyclic amines) is 1. The van der Waals surface area contributed by atoms with E-state index in [2.05, 4.69) is 17.2 Å². The largest absolute Gasteiger partial charge is 0.480 e. The second kappa shape index (κ2) is 8.50. The molecule has 2 amide bonds. The summed E-state index contributed by atoms with van der Waals surface area (Å²) in [4.78, 5) is 30.7. The lowest BCUT2D eigenvalue weighted by atomic mass is 9.96. The van der Waals surface area contributed by atoms with E-state index in [1.165, 1.54) is 7.11 Å². The molecule has 0 aromatic carbocycles. The number of nitrogens with zero attached hydrogens (tertiary/aromatic N) is 2. The molecule has 0 saturated carbocycles. The van der Waals surface area contributed by atoms with Crippen LogP contribution in [0, 0.1) is 5.92 Å². The summed E-state index contributed by atoms with van der Waals surface area (Å²) in [6, 6.07) is 3.42. The standard InChI is InChI=1S/C17H25N3O3/c1-3-4-9-18-15(21)13-7-6-11-20(12-13)17(22)14-8-5-10-19-16(14)23-2/h5,8,10,13H,3-4,6-7,9,11-12H2,1-2H3,(H,18,21). The summed E-state index contributed by atoms with van der Waals surface area (Å²) in [6.45, 7) is 3.91. The number of ether oxygens (including phenoxy) is 1. The SMILES string of the molecule is CCCCNC(=O)C1CCCN(C(=O)c2cccnc2OC)C1. The molecule has 1 aliphatic heterocycles. The van der Waals surface area contributed by atoms with Gasteiger partial charge in [-0.15, -0.1) is 0 Å². The maximum absolute atomic E-state index is 12.7. The predicted molar refractivity (Wildman–Crippen MR) is 87.3 cm³/mol. The molecule has 1 atom stereocenters. The van der Waals surface area contributed by atoms with Crippen molar-refractivity contribution in [2.45, 2.75) is 32.6 Å². The molecule has 1 fully saturated rings. The van der Waals surface area contributed by atoms with Crippen molar-refractivity contribution in [2.75, 3.05) is 26.7 Å². The Labute approximate surface area is 137 Å². The zero-order valence-electron chi connectivity index (χ0n) is 13.9. The minimum atomic E-state index is -0.132. The molecule has 6 heteroatoms. The van der Waals surface area contributed by atoms with E-state index in [1.807, 2.05) is 0 Å². The minimum Gasteiger partial charge on any atom is -0.480 e. The molecule has 0 bridgehead atoms. The fraction of sp³-hybridized carbons (Fsp3) is 0.588. The van der Waals surface area contributed by atoms with Crippen molar-refractivity contribution in [3.8, 4) is 5.88 Å². The van der Waals surface area contributed by atoms with Crippen molar-refractivity contribution in [1.29, 1.82) is 0 Å². The molecule has 126 valence electrons. The summed E-state index contributed by atoms with van der Waals surface area (Å²) in [5.41, 5.74) is 0.446. The average Bonchev–Trinajstić information content (AvgIpc) is 2.61. The van der Waals surface area contributed by atoms with Gasteiger partial charge in [0.15, 0.2) is 0 Å². The highest BCUT2D eigenvalue weighted by molar-refractivity contribution is 5.96. The van der Waals surface area contributed by atoms with Gasteiger partial charge in [0, 0.05) is 25.8 Å². The number of rotatable bonds is 6. The van der Waals surface area contributed by atoms with E-state index >= 15 is 0 Å². The number of carbonyl (C=O) groups is 2. The summed E-state index contributed by atoms with van der Waals surface area (Å²) in [5, 5.41) is 2.96. The summed E-state index contributed by atoms with van der Waals surface area (Å²) in [6.07, 6.45) is 5.28. The predicted octanol–water partition coefficient (Wildman–Crippen LogP) is 1.86. The van der Waals surface area contributed by atoms with Crippen LogP contribution in [-0.2, 0) is 4.79 Å². The molecular formula is C17H25N3O3. The molecule has 23 heavy (non-hydrogen) atoms. The first-order valence-corrected chi connectivity index (χ1v) is 8.23. The highest BCUT2D eigenvalue weighted by Crippen LogP contribution is 2.22. The zero-order chi connectivity index (χ0) is 16.7. The summed E-state index contributed by atoms with van der Waals surface area (Å²) >= 11 is 0. The lowest BCUT2D eigenvalue weighted by Crippen LogP contribution is -2.45. The van der Waals surface area contributed by atoms with Crippen LogP contribution < -0.4 is 10.1 Å². The van der Waals surface area contributed by atoms with Crippen LogP contribution in [-0.4, -0.2) is 48.4 Å². The number of aromatic nitrogens is 1. The second-order valence-corrected chi connectivity index (χ2v) is 5.80. The summed E-state index contributed by atoms with van der Waals surface area (Å²) < 4.78 is 5.16. The highest BCUT2D eigenvalue weighted by atomic mass is 16.5. The summed E-state index contributed by atoms with van der Waals surface area (Å²) in [7, 11) is 1.50. The van der Waals surface area contributed by atoms with Crippen molar-refractivity contribution in [3.05, 3.63) is 23.9 Å². The lowest BCUT2D eigenvalue weighted by molar-refractivity contribution is -0.126. The summed E-state index contributed by atoms with van der Waals surface area (Å²) in [5.74, 6) is 0.120. The van der Waals surface area contributed by atoms with Crippen molar-refractivity contribution >= 4 is 11.8 Å². The number of pyridine rings is 1. The minimum absolute atomic E-state index is 0.0501. The van der Waals surface area contributed by atoms with Gasteiger partial charge in [0.05, 0.1) is 13.0 Å². The van der Waals surface area contributed by atoms with Gasteiger partial charge in [-0.25, -0.2) is 4.98 Å². The Kier molecular flexibility index (Phi) is 6.38. The monoisotopic (exact) mass is 319 g/mol. The Balaban J connectivity index is 2.00. The molecule has 1 aromatic rings. The van der Waals surface area contributed by atoms with Gasteiger partial charge in [-0.3, -0.25) is 9.59 Å². The van der Waals surface area contributed by atoms with Crippen LogP contribution in [0.5, 0.6) is 5.88 Å². The number of amides is 2. The number of unbranched alkanes of at least 4 members (excludes halogenated alkanes) is 1. The molecule has 2 rings (SSSR count). The van der Waals surface area contributed by atoms with Crippen LogP contribution in [0.4, 0.5) is 0 Å². The number of hydrogen-bond acceptors (Lipinski definition) is 4. The van der Waals surface area contributed by atoms with Gasteiger partial charge in [0.2, 0.25) is 11.8 Å². The van der Waals surface area contributed by atoms with E-state index in [-0.39, 0.29) is 17.7 Å². The molecule has 1 aromatic heterocycles. The molecule has 2 heterocycles. The highest BCUT2D eigenvalue weighted by Gasteiger charge is 2.30. The van der Waals surface area contributed by atoms with Crippen molar-refractivity contribution in [3.63, 3.8) is 0 Å². The molecule has 1 N–H and O–H groups in total. The Morgan fingerprint density at radius 2 is 2.30 bits per heavy atom. The van der Waals surface area contributed by atoms with Crippen molar-refractivity contribution in [1.82, 2.24) is 15.2 Å². The average molecular weight is 319 g/mol. The van der Waals surface area contributed by atoms with Gasteiger partial charge < -0.3 is 15.0 Å². The van der Waals surface area contributed by atoms with Crippen LogP contribution in [0.25, 0.3) is 0 Å². The third kappa shape index (κ3) is 4.43. The van der Waals surface area contributed by atoms with Gasteiger partial charge in [-0.2, -0.15) is 0 Å². The first-order valence-electron chi connectivity index (χ1n) is 8.23. The first kappa shape index (κ1) is 17.2. The number of piperidine rings is 1. The van der Waals surface area contributed by atoms with Crippen LogP contribution in [0.3, 0.4) is 0 Å². The third-order valence-electron chi connectivity index (χ3n) is 4.10. The Bertz CT molecular complexity index is 548. The molecule has 1 aliphatic rings. The second-order valence-electron chi connectivity index (χ2n) is 5.80. The Hall–Kier alpha value is -2.11. The van der Waals surface area contributed by atoms with E-state index in [0.717, 1.165) is 25.7 Å². The maximum atomic E-state index is 12.7. The van der Waals surface area contributed by atoms with E-state index in [9.17, 15) is 9.59 Å². The Morgan fingerprint density at radius 1 is 1.48 bits per heavy atom. The molecule has 1 unspecified atom stereocenters. The lowest BCUT2D eigenvalue weighted by Gasteiger charge is -2.32. The third-order valence-corrected chi connectivity index (χ3v) is 4.10. The maximum Gasteiger partial charge on any atom is 0.259 e. The van der Waals surface area contributed by atoms with E-state index in [0.29, 0.717) is 31.1 Å². The van der Waals surface area contributed by atoms with Gasteiger partial charge in [0.1, 0.15) is 5.56 Å². The van der Waals surface area contributed by atoms with Crippen LogP contribution in [0.1, 0.15) is 43.0 Å². The smallest absolute Gasteiger partial charge is 0.259 e. The van der Waals surface area contributed by atoms with Crippen molar-refractivity contribution in [2.24, 2.45) is 5.92 Å². The van der Waals surface area contributed by atoms with E-state index in [1.54, 1.807) is 23.2 Å². The van der Waals surface area contributed by atoms with Crippen LogP contribution >= 0.6 is 0 Å². The van der Waals surface area contributed by atoms with Gasteiger partial charge in [0.25, 0.3) is 5.91 Å². The Morgan fingerprint density at radius 3 is 3.04 bits per heavy atom. The van der Waals surface area contributed by atoms with Crippen LogP contribution in [0.2, 0.25) is 0 Å². The molecule has 0 spiro atoms. The fourth-order valence-electron chi connectivity index (χ4n) is 2.79. The number of carbonyl (C=O) groups excluding carboxylic acids is 2. The van der Waals surface area contributed by atoms with Gasteiger partial charge in [-0.05, 0) is 31.4 Å². The first-order chi connectivity index (χ1) is 11.2. The number of methoxy groups -OCH3 is 1.